The summed E-state index contributed by atoms with van der Waals surface area (Å²) in [5.41, 5.74) is 7.79. The van der Waals surface area contributed by atoms with Gasteiger partial charge in [-0.2, -0.15) is 0 Å². The van der Waals surface area contributed by atoms with E-state index in [2.05, 4.69) is 36.6 Å². The molecule has 0 unspecified atom stereocenters. The monoisotopic (exact) mass is 469 g/mol. The van der Waals surface area contributed by atoms with Crippen molar-refractivity contribution in [2.45, 2.75) is 40.7 Å². The van der Waals surface area contributed by atoms with Crippen LogP contribution in [0.5, 0.6) is 5.75 Å². The van der Waals surface area contributed by atoms with Crippen molar-refractivity contribution in [2.24, 2.45) is 0 Å². The molecule has 0 saturated heterocycles. The van der Waals surface area contributed by atoms with Crippen LogP contribution in [0, 0.1) is 13.8 Å². The highest BCUT2D eigenvalue weighted by atomic mass is 16.5. The summed E-state index contributed by atoms with van der Waals surface area (Å²) in [5, 5.41) is 0. The van der Waals surface area contributed by atoms with Gasteiger partial charge >= 0.3 is 5.97 Å². The first-order chi connectivity index (χ1) is 16.9. The van der Waals surface area contributed by atoms with E-state index in [4.69, 9.17) is 19.4 Å². The van der Waals surface area contributed by atoms with Crippen LogP contribution in [-0.2, 0) is 22.5 Å². The van der Waals surface area contributed by atoms with Crippen LogP contribution in [0.4, 0.5) is 0 Å². The summed E-state index contributed by atoms with van der Waals surface area (Å²) in [6.07, 6.45) is 2.38. The molecule has 180 valence electrons. The first kappa shape index (κ1) is 24.2. The molecule has 2 heterocycles. The normalized spacial score (nSPS) is 11.6. The average molecular weight is 470 g/mol. The largest absolute Gasteiger partial charge is 0.497 e. The number of nitrogens with zero attached hydrogens (tertiary/aromatic N) is 3. The van der Waals surface area contributed by atoms with E-state index in [0.717, 1.165) is 62.7 Å². The van der Waals surface area contributed by atoms with Gasteiger partial charge < -0.3 is 14.0 Å². The Morgan fingerprint density at radius 1 is 0.971 bits per heavy atom. The maximum absolute atomic E-state index is 12.3. The van der Waals surface area contributed by atoms with Crippen molar-refractivity contribution in [2.75, 3.05) is 13.7 Å². The highest BCUT2D eigenvalue weighted by molar-refractivity contribution is 5.96. The molecule has 0 N–H and O–H groups in total. The Balaban J connectivity index is 1.69. The Hall–Kier alpha value is -3.93. The molecule has 6 heteroatoms. The number of fused-ring (bicyclic) bond motifs is 1. The van der Waals surface area contributed by atoms with Crippen molar-refractivity contribution in [3.8, 4) is 5.75 Å². The van der Waals surface area contributed by atoms with Gasteiger partial charge in [0.05, 0.1) is 20.3 Å². The zero-order valence-corrected chi connectivity index (χ0v) is 21.0. The molecule has 0 aliphatic rings. The molecule has 0 radical (unpaired) electrons. The number of aromatic nitrogens is 3. The minimum Gasteiger partial charge on any atom is -0.497 e. The number of aryl methyl sites for hydroxylation is 3. The number of esters is 1. The third-order valence-electron chi connectivity index (χ3n) is 5.97. The lowest BCUT2D eigenvalue weighted by atomic mass is 9.96. The second-order valence-electron chi connectivity index (χ2n) is 8.46. The minimum atomic E-state index is -0.364. The lowest BCUT2D eigenvalue weighted by Crippen LogP contribution is -2.06. The third-order valence-corrected chi connectivity index (χ3v) is 5.97. The fraction of sp³-hybridized carbons (Fsp3) is 0.276. The van der Waals surface area contributed by atoms with Crippen LogP contribution in [0.3, 0.4) is 0 Å². The van der Waals surface area contributed by atoms with E-state index in [-0.39, 0.29) is 5.97 Å². The molecular weight excluding hydrogens is 438 g/mol. The number of hydrogen-bond acceptors (Lipinski definition) is 5. The molecule has 0 amide bonds. The smallest absolute Gasteiger partial charge is 0.331 e. The van der Waals surface area contributed by atoms with Gasteiger partial charge in [-0.1, -0.05) is 43.3 Å². The second-order valence-corrected chi connectivity index (χ2v) is 8.46. The summed E-state index contributed by atoms with van der Waals surface area (Å²) < 4.78 is 12.7. The molecule has 4 rings (SSSR count). The van der Waals surface area contributed by atoms with Crippen LogP contribution >= 0.6 is 0 Å². The number of ether oxygens (including phenoxy) is 2. The number of carbonyl (C=O) groups excluding carboxylic acids is 1. The number of imidazole rings is 1. The fourth-order valence-electron chi connectivity index (χ4n) is 4.26. The minimum absolute atomic E-state index is 0.329. The number of carbonyl (C=O) groups is 1. The Labute approximate surface area is 206 Å². The zero-order chi connectivity index (χ0) is 24.9. The highest BCUT2D eigenvalue weighted by Crippen LogP contribution is 2.27. The van der Waals surface area contributed by atoms with E-state index in [1.807, 2.05) is 43.3 Å². The maximum Gasteiger partial charge on any atom is 0.331 e. The molecule has 4 aromatic rings. The summed E-state index contributed by atoms with van der Waals surface area (Å²) in [6.45, 7) is 9.02. The SMILES string of the molecule is CCOC(=O)C=C(c1ccc(Cn2c(CC)nc3c(C)cc(C)nc32)cc1)c1ccc(OC)cc1. The molecule has 2 aromatic carbocycles. The van der Waals surface area contributed by atoms with Gasteiger partial charge in [0.15, 0.2) is 5.65 Å². The number of rotatable bonds is 8. The van der Waals surface area contributed by atoms with E-state index in [9.17, 15) is 4.79 Å². The number of methoxy groups -OCH3 is 1. The Morgan fingerprint density at radius 2 is 1.63 bits per heavy atom. The number of benzene rings is 2. The maximum atomic E-state index is 12.3. The van der Waals surface area contributed by atoms with Gasteiger partial charge in [-0.3, -0.25) is 0 Å². The predicted molar refractivity (Wildman–Crippen MR) is 139 cm³/mol. The van der Waals surface area contributed by atoms with Crippen molar-refractivity contribution in [3.05, 3.63) is 94.4 Å². The van der Waals surface area contributed by atoms with Gasteiger partial charge in [0.1, 0.15) is 17.1 Å². The van der Waals surface area contributed by atoms with Crippen molar-refractivity contribution < 1.29 is 14.3 Å². The van der Waals surface area contributed by atoms with Crippen molar-refractivity contribution in [1.29, 1.82) is 0 Å². The molecular formula is C29H31N3O3. The molecule has 0 atom stereocenters. The standard InChI is InChI=1S/C29H31N3O3/c1-6-26-31-28-19(3)16-20(4)30-29(28)32(26)18-21-8-10-22(11-9-21)25(17-27(33)35-7-2)23-12-14-24(34-5)15-13-23/h8-17H,6-7,18H2,1-5H3. The van der Waals surface area contributed by atoms with Crippen molar-refractivity contribution >= 4 is 22.7 Å². The lowest BCUT2D eigenvalue weighted by Gasteiger charge is -2.12. The first-order valence-corrected chi connectivity index (χ1v) is 11.9. The summed E-state index contributed by atoms with van der Waals surface area (Å²) in [7, 11) is 1.63. The molecule has 35 heavy (non-hydrogen) atoms. The Kier molecular flexibility index (Phi) is 7.30. The van der Waals surface area contributed by atoms with Gasteiger partial charge in [-0.05, 0) is 66.8 Å². The van der Waals surface area contributed by atoms with E-state index < -0.39 is 0 Å². The summed E-state index contributed by atoms with van der Waals surface area (Å²) in [4.78, 5) is 21.9. The summed E-state index contributed by atoms with van der Waals surface area (Å²) in [6, 6.07) is 18.0. The molecule has 6 nitrogen and oxygen atoms in total. The number of pyridine rings is 1. The van der Waals surface area contributed by atoms with Gasteiger partial charge in [-0.15, -0.1) is 0 Å². The fourth-order valence-corrected chi connectivity index (χ4v) is 4.26. The lowest BCUT2D eigenvalue weighted by molar-refractivity contribution is -0.137. The second kappa shape index (κ2) is 10.6. The first-order valence-electron chi connectivity index (χ1n) is 11.9. The van der Waals surface area contributed by atoms with Crippen LogP contribution in [-0.4, -0.2) is 34.2 Å². The van der Waals surface area contributed by atoms with Gasteiger partial charge in [0.25, 0.3) is 0 Å². The third kappa shape index (κ3) is 5.27. The van der Waals surface area contributed by atoms with Crippen LogP contribution in [0.2, 0.25) is 0 Å². The molecule has 0 aliphatic carbocycles. The van der Waals surface area contributed by atoms with Crippen molar-refractivity contribution in [3.63, 3.8) is 0 Å². The molecule has 0 aliphatic heterocycles. The molecule has 0 bridgehead atoms. The topological polar surface area (TPSA) is 66.2 Å². The van der Waals surface area contributed by atoms with Crippen molar-refractivity contribution in [1.82, 2.24) is 14.5 Å². The van der Waals surface area contributed by atoms with Crippen LogP contribution < -0.4 is 4.74 Å². The Bertz CT molecular complexity index is 1370. The molecule has 0 fully saturated rings. The van der Waals surface area contributed by atoms with E-state index in [1.54, 1.807) is 20.1 Å². The molecule has 2 aromatic heterocycles. The van der Waals surface area contributed by atoms with E-state index in [1.165, 1.54) is 0 Å². The van der Waals surface area contributed by atoms with Crippen LogP contribution in [0.15, 0.2) is 60.7 Å². The van der Waals surface area contributed by atoms with Gasteiger partial charge in [0.2, 0.25) is 0 Å². The highest BCUT2D eigenvalue weighted by Gasteiger charge is 2.14. The number of hydrogen-bond donors (Lipinski definition) is 0. The zero-order valence-electron chi connectivity index (χ0n) is 21.0. The van der Waals surface area contributed by atoms with E-state index >= 15 is 0 Å². The molecule has 0 spiro atoms. The van der Waals surface area contributed by atoms with Crippen LogP contribution in [0.1, 0.15) is 47.6 Å². The Morgan fingerprint density at radius 3 is 2.23 bits per heavy atom. The van der Waals surface area contributed by atoms with Crippen LogP contribution in [0.25, 0.3) is 16.7 Å². The average Bonchev–Trinajstić information content (AvgIpc) is 3.21. The van der Waals surface area contributed by atoms with Gasteiger partial charge in [0, 0.05) is 18.2 Å². The van der Waals surface area contributed by atoms with E-state index in [0.29, 0.717) is 13.2 Å². The summed E-state index contributed by atoms with van der Waals surface area (Å²) >= 11 is 0. The van der Waals surface area contributed by atoms with Gasteiger partial charge in [-0.25, -0.2) is 14.8 Å². The molecule has 0 saturated carbocycles. The quantitative estimate of drug-likeness (QED) is 0.246. The summed E-state index contributed by atoms with van der Waals surface area (Å²) in [5.74, 6) is 1.42. The predicted octanol–water partition coefficient (Wildman–Crippen LogP) is 5.66.